The fraction of sp³-hybridized carbons (Fsp3) is 0.533. The number of carbonyl (C=O) groups excluding carboxylic acids is 1. The first kappa shape index (κ1) is 16.9. The molecule has 6 nitrogen and oxygen atoms in total. The second kappa shape index (κ2) is 8.94. The molecule has 21 heavy (non-hydrogen) atoms. The number of nitrogens with zero attached hydrogens (tertiary/aromatic N) is 1. The molecular formula is C15H21NO5. The summed E-state index contributed by atoms with van der Waals surface area (Å²) in [5, 5.41) is 20.0. The van der Waals surface area contributed by atoms with Crippen molar-refractivity contribution >= 4 is 11.7 Å². The number of nitro benzene ring substituents is 1. The summed E-state index contributed by atoms with van der Waals surface area (Å²) in [6.45, 7) is 2.46. The SMILES string of the molecule is CCCCCCCCOC(=O)c1ccc(O)c([N+](=O)[O-])c1. The number of phenolic OH excluding ortho intramolecular Hbond substituents is 1. The lowest BCUT2D eigenvalue weighted by atomic mass is 10.1. The molecule has 0 aromatic heterocycles. The van der Waals surface area contributed by atoms with Crippen molar-refractivity contribution in [1.82, 2.24) is 0 Å². The van der Waals surface area contributed by atoms with E-state index in [1.54, 1.807) is 0 Å². The Morgan fingerprint density at radius 1 is 1.24 bits per heavy atom. The maximum absolute atomic E-state index is 11.7. The van der Waals surface area contributed by atoms with Crippen LogP contribution in [0.3, 0.4) is 0 Å². The predicted octanol–water partition coefficient (Wildman–Crippen LogP) is 3.82. The van der Waals surface area contributed by atoms with Gasteiger partial charge < -0.3 is 9.84 Å². The van der Waals surface area contributed by atoms with Gasteiger partial charge in [0.25, 0.3) is 0 Å². The normalized spacial score (nSPS) is 10.3. The first-order valence-electron chi connectivity index (χ1n) is 7.20. The minimum atomic E-state index is -0.736. The van der Waals surface area contributed by atoms with Crippen molar-refractivity contribution in [2.45, 2.75) is 45.4 Å². The molecule has 0 atom stereocenters. The Balaban J connectivity index is 2.39. The van der Waals surface area contributed by atoms with Crippen LogP contribution in [-0.4, -0.2) is 22.6 Å². The maximum atomic E-state index is 11.7. The second-order valence-corrected chi connectivity index (χ2v) is 4.86. The highest BCUT2D eigenvalue weighted by Gasteiger charge is 2.17. The third-order valence-electron chi connectivity index (χ3n) is 3.14. The van der Waals surface area contributed by atoms with E-state index in [9.17, 15) is 20.0 Å². The van der Waals surface area contributed by atoms with Gasteiger partial charge in [-0.3, -0.25) is 10.1 Å². The van der Waals surface area contributed by atoms with E-state index < -0.39 is 22.3 Å². The zero-order chi connectivity index (χ0) is 15.7. The smallest absolute Gasteiger partial charge is 0.338 e. The number of rotatable bonds is 9. The van der Waals surface area contributed by atoms with Crippen LogP contribution in [0.15, 0.2) is 18.2 Å². The van der Waals surface area contributed by atoms with Crippen molar-refractivity contribution in [2.24, 2.45) is 0 Å². The Labute approximate surface area is 123 Å². The molecule has 0 unspecified atom stereocenters. The zero-order valence-corrected chi connectivity index (χ0v) is 12.2. The molecule has 0 saturated heterocycles. The lowest BCUT2D eigenvalue weighted by molar-refractivity contribution is -0.385. The van der Waals surface area contributed by atoms with Gasteiger partial charge in [-0.1, -0.05) is 39.0 Å². The van der Waals surface area contributed by atoms with E-state index in [4.69, 9.17) is 4.74 Å². The summed E-state index contributed by atoms with van der Waals surface area (Å²) in [4.78, 5) is 21.7. The van der Waals surface area contributed by atoms with Crippen molar-refractivity contribution in [3.05, 3.63) is 33.9 Å². The van der Waals surface area contributed by atoms with E-state index in [0.717, 1.165) is 31.4 Å². The van der Waals surface area contributed by atoms with Crippen molar-refractivity contribution < 1.29 is 19.6 Å². The van der Waals surface area contributed by atoms with Crippen molar-refractivity contribution in [3.8, 4) is 5.75 Å². The highest BCUT2D eigenvalue weighted by Crippen LogP contribution is 2.26. The Bertz CT molecular complexity index is 487. The van der Waals surface area contributed by atoms with Crippen LogP contribution in [0.1, 0.15) is 55.8 Å². The van der Waals surface area contributed by atoms with Crippen LogP contribution in [0.25, 0.3) is 0 Å². The van der Waals surface area contributed by atoms with Crippen molar-refractivity contribution in [3.63, 3.8) is 0 Å². The molecule has 0 radical (unpaired) electrons. The van der Waals surface area contributed by atoms with Crippen molar-refractivity contribution in [1.29, 1.82) is 0 Å². The van der Waals surface area contributed by atoms with Crippen LogP contribution in [0, 0.1) is 10.1 Å². The van der Waals surface area contributed by atoms with Gasteiger partial charge in [0, 0.05) is 6.07 Å². The number of phenols is 1. The number of carbonyl (C=O) groups is 1. The molecule has 0 fully saturated rings. The van der Waals surface area contributed by atoms with Crippen LogP contribution >= 0.6 is 0 Å². The molecule has 0 aliphatic rings. The first-order chi connectivity index (χ1) is 10.1. The standard InChI is InChI=1S/C15H21NO5/c1-2-3-4-5-6-7-10-21-15(18)12-8-9-14(17)13(11-12)16(19)20/h8-9,11,17H,2-7,10H2,1H3. The molecular weight excluding hydrogens is 274 g/mol. The minimum Gasteiger partial charge on any atom is -0.502 e. The fourth-order valence-electron chi connectivity index (χ4n) is 1.93. The van der Waals surface area contributed by atoms with Gasteiger partial charge in [0.05, 0.1) is 17.1 Å². The first-order valence-corrected chi connectivity index (χ1v) is 7.20. The summed E-state index contributed by atoms with van der Waals surface area (Å²) < 4.78 is 5.07. The van der Waals surface area contributed by atoms with E-state index in [0.29, 0.717) is 6.61 Å². The van der Waals surface area contributed by atoms with E-state index in [1.165, 1.54) is 25.3 Å². The van der Waals surface area contributed by atoms with Crippen LogP contribution in [0.2, 0.25) is 0 Å². The predicted molar refractivity (Wildman–Crippen MR) is 78.4 cm³/mol. The minimum absolute atomic E-state index is 0.0745. The van der Waals surface area contributed by atoms with Gasteiger partial charge >= 0.3 is 11.7 Å². The van der Waals surface area contributed by atoms with Gasteiger partial charge in [0.2, 0.25) is 0 Å². The summed E-state index contributed by atoms with van der Waals surface area (Å²) in [5.41, 5.74) is -0.422. The number of aromatic hydroxyl groups is 1. The van der Waals surface area contributed by atoms with Gasteiger partial charge in [-0.05, 0) is 18.6 Å². The Hall–Kier alpha value is -2.11. The monoisotopic (exact) mass is 295 g/mol. The lowest BCUT2D eigenvalue weighted by Gasteiger charge is -2.05. The molecule has 0 amide bonds. The molecule has 1 rings (SSSR count). The topological polar surface area (TPSA) is 89.7 Å². The number of benzene rings is 1. The van der Waals surface area contributed by atoms with E-state index >= 15 is 0 Å². The molecule has 0 spiro atoms. The molecule has 0 aliphatic carbocycles. The average molecular weight is 295 g/mol. The number of hydrogen-bond acceptors (Lipinski definition) is 5. The summed E-state index contributed by atoms with van der Waals surface area (Å²) in [7, 11) is 0. The summed E-state index contributed by atoms with van der Waals surface area (Å²) in [6.07, 6.45) is 6.51. The van der Waals surface area contributed by atoms with Gasteiger partial charge in [0.1, 0.15) is 0 Å². The number of nitro groups is 1. The highest BCUT2D eigenvalue weighted by atomic mass is 16.6. The van der Waals surface area contributed by atoms with E-state index in [2.05, 4.69) is 6.92 Å². The van der Waals surface area contributed by atoms with Gasteiger partial charge in [-0.2, -0.15) is 0 Å². The molecule has 1 N–H and O–H groups in total. The largest absolute Gasteiger partial charge is 0.502 e. The van der Waals surface area contributed by atoms with Gasteiger partial charge in [-0.25, -0.2) is 4.79 Å². The molecule has 0 bridgehead atoms. The zero-order valence-electron chi connectivity index (χ0n) is 12.2. The Morgan fingerprint density at radius 3 is 2.57 bits per heavy atom. The van der Waals surface area contributed by atoms with Crippen LogP contribution in [-0.2, 0) is 4.74 Å². The lowest BCUT2D eigenvalue weighted by Crippen LogP contribution is -2.07. The van der Waals surface area contributed by atoms with Gasteiger partial charge in [0.15, 0.2) is 5.75 Å². The molecule has 0 aliphatic heterocycles. The third-order valence-corrected chi connectivity index (χ3v) is 3.14. The summed E-state index contributed by atoms with van der Waals surface area (Å²) in [5.74, 6) is -1.07. The summed E-state index contributed by atoms with van der Waals surface area (Å²) in [6, 6.07) is 3.46. The third kappa shape index (κ3) is 5.81. The van der Waals surface area contributed by atoms with E-state index in [-0.39, 0.29) is 5.56 Å². The molecule has 0 saturated carbocycles. The van der Waals surface area contributed by atoms with Gasteiger partial charge in [-0.15, -0.1) is 0 Å². The Kier molecular flexibility index (Phi) is 7.21. The highest BCUT2D eigenvalue weighted by molar-refractivity contribution is 5.90. The molecule has 1 aromatic rings. The number of hydrogen-bond donors (Lipinski definition) is 1. The quantitative estimate of drug-likeness (QED) is 0.324. The Morgan fingerprint density at radius 2 is 1.90 bits per heavy atom. The number of esters is 1. The van der Waals surface area contributed by atoms with E-state index in [1.807, 2.05) is 0 Å². The maximum Gasteiger partial charge on any atom is 0.338 e. The van der Waals surface area contributed by atoms with Crippen LogP contribution in [0.5, 0.6) is 5.75 Å². The number of ether oxygens (including phenoxy) is 1. The molecule has 116 valence electrons. The molecule has 0 heterocycles. The van der Waals surface area contributed by atoms with Crippen LogP contribution in [0.4, 0.5) is 5.69 Å². The summed E-state index contributed by atoms with van der Waals surface area (Å²) >= 11 is 0. The second-order valence-electron chi connectivity index (χ2n) is 4.86. The van der Waals surface area contributed by atoms with Crippen LogP contribution < -0.4 is 0 Å². The average Bonchev–Trinajstić information content (AvgIpc) is 2.46. The fourth-order valence-corrected chi connectivity index (χ4v) is 1.93. The number of unbranched alkanes of at least 4 members (excludes halogenated alkanes) is 5. The molecule has 6 heteroatoms. The molecule has 1 aromatic carbocycles. The van der Waals surface area contributed by atoms with Crippen molar-refractivity contribution in [2.75, 3.05) is 6.61 Å².